The summed E-state index contributed by atoms with van der Waals surface area (Å²) in [6, 6.07) is 4.43. The maximum Gasteiger partial charge on any atom is 0.316 e. The van der Waals surface area contributed by atoms with Crippen LogP contribution >= 0.6 is 11.8 Å². The van der Waals surface area contributed by atoms with E-state index in [1.54, 1.807) is 6.92 Å². The maximum atomic E-state index is 13.4. The number of ether oxygens (including phenoxy) is 1. The van der Waals surface area contributed by atoms with Crippen molar-refractivity contribution in [1.82, 2.24) is 5.16 Å². The molecule has 2 aromatic rings. The number of hydrogen-bond acceptors (Lipinski definition) is 6. The number of esters is 1. The molecule has 1 heterocycles. The van der Waals surface area contributed by atoms with Gasteiger partial charge in [0.25, 0.3) is 5.91 Å². The van der Waals surface area contributed by atoms with Crippen molar-refractivity contribution in [3.63, 3.8) is 0 Å². The van der Waals surface area contributed by atoms with Crippen LogP contribution in [0.4, 0.5) is 14.6 Å². The van der Waals surface area contributed by atoms with Crippen LogP contribution in [-0.4, -0.2) is 29.4 Å². The zero-order valence-corrected chi connectivity index (χ0v) is 12.8. The van der Waals surface area contributed by atoms with E-state index < -0.39 is 30.1 Å². The van der Waals surface area contributed by atoms with Crippen LogP contribution < -0.4 is 5.32 Å². The molecule has 9 heteroatoms. The van der Waals surface area contributed by atoms with Gasteiger partial charge in [-0.3, -0.25) is 9.59 Å². The van der Waals surface area contributed by atoms with E-state index in [4.69, 9.17) is 9.26 Å². The van der Waals surface area contributed by atoms with Gasteiger partial charge in [0.2, 0.25) is 0 Å². The highest BCUT2D eigenvalue weighted by molar-refractivity contribution is 8.00. The zero-order chi connectivity index (χ0) is 16.8. The van der Waals surface area contributed by atoms with Crippen molar-refractivity contribution in [2.45, 2.75) is 11.8 Å². The summed E-state index contributed by atoms with van der Waals surface area (Å²) in [5.41, 5.74) is 0. The van der Waals surface area contributed by atoms with E-state index in [1.165, 1.54) is 6.07 Å². The lowest BCUT2D eigenvalue weighted by Gasteiger charge is -2.05. The lowest BCUT2D eigenvalue weighted by Crippen LogP contribution is -2.21. The Hall–Kier alpha value is -2.42. The number of nitrogens with one attached hydrogen (secondary N) is 1. The summed E-state index contributed by atoms with van der Waals surface area (Å²) in [4.78, 5) is 23.0. The van der Waals surface area contributed by atoms with Crippen molar-refractivity contribution < 1.29 is 27.6 Å². The van der Waals surface area contributed by atoms with Gasteiger partial charge in [-0.1, -0.05) is 5.16 Å². The number of aryl methyl sites for hydroxylation is 1. The van der Waals surface area contributed by atoms with Gasteiger partial charge in [0.15, 0.2) is 12.4 Å². The van der Waals surface area contributed by atoms with Crippen LogP contribution in [0.2, 0.25) is 0 Å². The van der Waals surface area contributed by atoms with Gasteiger partial charge in [-0.15, -0.1) is 11.8 Å². The number of benzene rings is 1. The molecule has 0 unspecified atom stereocenters. The molecule has 1 N–H and O–H groups in total. The van der Waals surface area contributed by atoms with Crippen LogP contribution in [0.3, 0.4) is 0 Å². The molecular formula is C14H12F2N2O4S. The second-order valence-electron chi connectivity index (χ2n) is 4.40. The second-order valence-corrected chi connectivity index (χ2v) is 5.41. The molecule has 23 heavy (non-hydrogen) atoms. The van der Waals surface area contributed by atoms with Gasteiger partial charge in [0.1, 0.15) is 17.4 Å². The minimum absolute atomic E-state index is 0.00975. The van der Waals surface area contributed by atoms with E-state index in [-0.39, 0.29) is 16.5 Å². The van der Waals surface area contributed by atoms with Crippen LogP contribution in [0.15, 0.2) is 33.7 Å². The summed E-state index contributed by atoms with van der Waals surface area (Å²) in [5, 5.41) is 5.92. The van der Waals surface area contributed by atoms with Crippen LogP contribution in [0.1, 0.15) is 5.76 Å². The van der Waals surface area contributed by atoms with Crippen molar-refractivity contribution in [1.29, 1.82) is 0 Å². The quantitative estimate of drug-likeness (QED) is 0.642. The van der Waals surface area contributed by atoms with Crippen molar-refractivity contribution >= 4 is 29.5 Å². The van der Waals surface area contributed by atoms with Crippen LogP contribution in [0.25, 0.3) is 0 Å². The van der Waals surface area contributed by atoms with Crippen LogP contribution in [0.5, 0.6) is 0 Å². The number of amides is 1. The lowest BCUT2D eigenvalue weighted by molar-refractivity contribution is -0.144. The number of nitrogens with zero attached hydrogens (tertiary/aromatic N) is 1. The fraction of sp³-hybridized carbons (Fsp3) is 0.214. The van der Waals surface area contributed by atoms with E-state index in [9.17, 15) is 18.4 Å². The van der Waals surface area contributed by atoms with Gasteiger partial charge in [-0.2, -0.15) is 0 Å². The topological polar surface area (TPSA) is 81.4 Å². The minimum Gasteiger partial charge on any atom is -0.455 e. The molecule has 122 valence electrons. The first-order chi connectivity index (χ1) is 10.9. The molecule has 2 rings (SSSR count). The van der Waals surface area contributed by atoms with E-state index in [2.05, 4.69) is 10.5 Å². The average molecular weight is 342 g/mol. The Labute approximate surface area is 134 Å². The first-order valence-electron chi connectivity index (χ1n) is 6.40. The van der Waals surface area contributed by atoms with Crippen LogP contribution in [0, 0.1) is 18.6 Å². The summed E-state index contributed by atoms with van der Waals surface area (Å²) >= 11 is 0.780. The van der Waals surface area contributed by atoms with Gasteiger partial charge in [-0.25, -0.2) is 8.78 Å². The second kappa shape index (κ2) is 7.73. The molecule has 0 saturated heterocycles. The largest absolute Gasteiger partial charge is 0.455 e. The lowest BCUT2D eigenvalue weighted by atomic mass is 10.3. The van der Waals surface area contributed by atoms with Gasteiger partial charge in [-0.05, 0) is 25.1 Å². The summed E-state index contributed by atoms with van der Waals surface area (Å²) in [6.07, 6.45) is 0. The molecule has 0 atom stereocenters. The fourth-order valence-electron chi connectivity index (χ4n) is 1.52. The molecular weight excluding hydrogens is 330 g/mol. The maximum absolute atomic E-state index is 13.4. The Kier molecular flexibility index (Phi) is 5.69. The highest BCUT2D eigenvalue weighted by Crippen LogP contribution is 2.22. The standard InChI is InChI=1S/C14H12F2N2O4S/c1-8-4-12(18-22-8)17-13(19)6-21-14(20)7-23-11-5-9(15)2-3-10(11)16/h2-5H,6-7H2,1H3,(H,17,18,19). The van der Waals surface area contributed by atoms with E-state index in [0.717, 1.165) is 30.0 Å². The van der Waals surface area contributed by atoms with Gasteiger partial charge in [0.05, 0.1) is 5.75 Å². The molecule has 0 aliphatic rings. The molecule has 0 radical (unpaired) electrons. The monoisotopic (exact) mass is 342 g/mol. The Morgan fingerprint density at radius 1 is 1.35 bits per heavy atom. The number of anilines is 1. The molecule has 0 fully saturated rings. The number of rotatable bonds is 6. The summed E-state index contributed by atoms with van der Waals surface area (Å²) < 4.78 is 35.8. The van der Waals surface area contributed by atoms with Crippen molar-refractivity contribution in [2.24, 2.45) is 0 Å². The van der Waals surface area contributed by atoms with Crippen molar-refractivity contribution in [3.05, 3.63) is 41.7 Å². The number of hydrogen-bond donors (Lipinski definition) is 1. The Bertz CT molecular complexity index is 721. The molecule has 0 saturated carbocycles. The predicted molar refractivity (Wildman–Crippen MR) is 77.9 cm³/mol. The molecule has 1 aromatic heterocycles. The number of thioether (sulfide) groups is 1. The SMILES string of the molecule is Cc1cc(NC(=O)COC(=O)CSc2cc(F)ccc2F)no1. The number of halogens is 2. The molecule has 1 amide bonds. The molecule has 0 aliphatic carbocycles. The van der Waals surface area contributed by atoms with Gasteiger partial charge < -0.3 is 14.6 Å². The van der Waals surface area contributed by atoms with Crippen LogP contribution in [-0.2, 0) is 14.3 Å². The first-order valence-corrected chi connectivity index (χ1v) is 7.39. The zero-order valence-electron chi connectivity index (χ0n) is 12.0. The molecule has 0 spiro atoms. The number of carbonyl (C=O) groups is 2. The average Bonchev–Trinajstić information content (AvgIpc) is 2.91. The summed E-state index contributed by atoms with van der Waals surface area (Å²) in [5.74, 6) is -2.09. The fourth-order valence-corrected chi connectivity index (χ4v) is 2.27. The Morgan fingerprint density at radius 3 is 2.83 bits per heavy atom. The molecule has 0 bridgehead atoms. The minimum atomic E-state index is -0.731. The molecule has 0 aliphatic heterocycles. The Morgan fingerprint density at radius 2 is 2.13 bits per heavy atom. The third-order valence-corrected chi connectivity index (χ3v) is 3.50. The third-order valence-electron chi connectivity index (χ3n) is 2.50. The van der Waals surface area contributed by atoms with Crippen molar-refractivity contribution in [2.75, 3.05) is 17.7 Å². The van der Waals surface area contributed by atoms with E-state index >= 15 is 0 Å². The number of aromatic nitrogens is 1. The van der Waals surface area contributed by atoms with E-state index in [1.807, 2.05) is 0 Å². The molecule has 6 nitrogen and oxygen atoms in total. The normalized spacial score (nSPS) is 10.4. The number of carbonyl (C=O) groups excluding carboxylic acids is 2. The van der Waals surface area contributed by atoms with Gasteiger partial charge in [0, 0.05) is 11.0 Å². The highest BCUT2D eigenvalue weighted by atomic mass is 32.2. The van der Waals surface area contributed by atoms with Gasteiger partial charge >= 0.3 is 5.97 Å². The smallest absolute Gasteiger partial charge is 0.316 e. The highest BCUT2D eigenvalue weighted by Gasteiger charge is 2.12. The summed E-state index contributed by atoms with van der Waals surface area (Å²) in [7, 11) is 0. The molecule has 1 aromatic carbocycles. The Balaban J connectivity index is 1.74. The summed E-state index contributed by atoms with van der Waals surface area (Å²) in [6.45, 7) is 1.14. The third kappa shape index (κ3) is 5.37. The first kappa shape index (κ1) is 16.9. The van der Waals surface area contributed by atoms with Crippen molar-refractivity contribution in [3.8, 4) is 0 Å². The van der Waals surface area contributed by atoms with E-state index in [0.29, 0.717) is 5.76 Å². The predicted octanol–water partition coefficient (Wildman–Crippen LogP) is 2.54.